The van der Waals surface area contributed by atoms with Gasteiger partial charge in [-0.25, -0.2) is 4.79 Å². The molecule has 1 aliphatic heterocycles. The molecule has 4 aromatic rings. The normalized spacial score (nSPS) is 14.1. The van der Waals surface area contributed by atoms with Gasteiger partial charge in [0.15, 0.2) is 11.5 Å². The molecule has 0 bridgehead atoms. The molecule has 0 spiro atoms. The zero-order valence-corrected chi connectivity index (χ0v) is 23.2. The molecule has 17 heteroatoms. The lowest BCUT2D eigenvalue weighted by Crippen LogP contribution is -2.50. The highest BCUT2D eigenvalue weighted by molar-refractivity contribution is 6.99. The summed E-state index contributed by atoms with van der Waals surface area (Å²) in [5.74, 6) is 2.00. The van der Waals surface area contributed by atoms with Gasteiger partial charge in [-0.2, -0.15) is 30.7 Å². The highest BCUT2D eigenvalue weighted by Gasteiger charge is 2.37. The summed E-state index contributed by atoms with van der Waals surface area (Å²) < 4.78 is 105. The van der Waals surface area contributed by atoms with Crippen molar-refractivity contribution in [3.63, 3.8) is 0 Å². The smallest absolute Gasteiger partial charge is 0.416 e. The number of nitrogens with one attached hydrogen (secondary N) is 1. The number of amides is 2. The molecule has 3 heterocycles. The number of piperazine rings is 1. The van der Waals surface area contributed by atoms with E-state index < -0.39 is 35.2 Å². The van der Waals surface area contributed by atoms with Gasteiger partial charge in [-0.05, 0) is 30.3 Å². The van der Waals surface area contributed by atoms with Crippen LogP contribution in [-0.4, -0.2) is 65.1 Å². The first-order valence-electron chi connectivity index (χ1n) is 12.5. The highest BCUT2D eigenvalue weighted by atomic mass is 32.1. The Morgan fingerprint density at radius 3 is 2.09 bits per heavy atom. The van der Waals surface area contributed by atoms with Gasteiger partial charge in [0, 0.05) is 49.5 Å². The van der Waals surface area contributed by atoms with Crippen LogP contribution in [0.5, 0.6) is 23.1 Å². The molecule has 0 aliphatic carbocycles. The molecule has 2 aromatic heterocycles. The van der Waals surface area contributed by atoms with Crippen LogP contribution in [0.2, 0.25) is 0 Å². The van der Waals surface area contributed by atoms with Crippen LogP contribution in [0.3, 0.4) is 0 Å². The Kier molecular flexibility index (Phi) is 8.09. The predicted molar refractivity (Wildman–Crippen MR) is 144 cm³/mol. The number of urea groups is 1. The number of rotatable bonds is 6. The maximum atomic E-state index is 13.2. The van der Waals surface area contributed by atoms with E-state index in [2.05, 4.69) is 19.0 Å². The summed E-state index contributed by atoms with van der Waals surface area (Å²) in [7, 11) is 3.01. The van der Waals surface area contributed by atoms with Crippen molar-refractivity contribution in [3.8, 4) is 23.1 Å². The first kappa shape index (κ1) is 29.9. The molecule has 0 unspecified atom stereocenters. The van der Waals surface area contributed by atoms with Gasteiger partial charge in [0.1, 0.15) is 5.75 Å². The summed E-state index contributed by atoms with van der Waals surface area (Å²) in [6.45, 7) is 0.688. The summed E-state index contributed by atoms with van der Waals surface area (Å²) in [6.07, 6.45) is -8.51. The number of aromatic nitrogens is 3. The van der Waals surface area contributed by atoms with Gasteiger partial charge in [-0.15, -0.1) is 4.37 Å². The fourth-order valence-corrected chi connectivity index (χ4v) is 4.93. The molecule has 1 N–H and O–H groups in total. The average Bonchev–Trinajstić information content (AvgIpc) is 3.43. The Hall–Kier alpha value is -4.54. The number of fused-ring (bicyclic) bond motifs is 1. The van der Waals surface area contributed by atoms with E-state index in [1.807, 2.05) is 4.90 Å². The molecule has 0 radical (unpaired) electrons. The number of carbonyl (C=O) groups excluding carboxylic acids is 1. The lowest BCUT2D eigenvalue weighted by Gasteiger charge is -2.34. The number of halogens is 6. The molecule has 228 valence electrons. The van der Waals surface area contributed by atoms with Gasteiger partial charge in [0.2, 0.25) is 5.82 Å². The molecule has 1 fully saturated rings. The minimum absolute atomic E-state index is 0.00190. The summed E-state index contributed by atoms with van der Waals surface area (Å²) in [6, 6.07) is 5.15. The van der Waals surface area contributed by atoms with Gasteiger partial charge < -0.3 is 29.3 Å². The van der Waals surface area contributed by atoms with Crippen molar-refractivity contribution in [2.45, 2.75) is 12.4 Å². The van der Waals surface area contributed by atoms with Gasteiger partial charge >= 0.3 is 18.4 Å². The number of benzene rings is 2. The summed E-state index contributed by atoms with van der Waals surface area (Å²) in [5, 5.41) is 2.79. The van der Waals surface area contributed by atoms with Crippen molar-refractivity contribution in [1.29, 1.82) is 0 Å². The molecule has 1 aliphatic rings. The number of methoxy groups -OCH3 is 2. The topological polar surface area (TPSA) is 102 Å². The second kappa shape index (κ2) is 11.6. The first-order valence-corrected chi connectivity index (χ1v) is 13.2. The van der Waals surface area contributed by atoms with E-state index in [1.54, 1.807) is 24.4 Å². The van der Waals surface area contributed by atoms with Crippen molar-refractivity contribution in [3.05, 3.63) is 53.7 Å². The Labute approximate surface area is 244 Å². The van der Waals surface area contributed by atoms with Crippen molar-refractivity contribution in [2.24, 2.45) is 0 Å². The Balaban J connectivity index is 1.28. The predicted octanol–water partition coefficient (Wildman–Crippen LogP) is 6.29. The van der Waals surface area contributed by atoms with E-state index in [1.165, 1.54) is 19.1 Å². The fraction of sp³-hybridized carbons (Fsp3) is 0.308. The third-order valence-corrected chi connectivity index (χ3v) is 7.06. The van der Waals surface area contributed by atoms with Gasteiger partial charge in [-0.1, -0.05) is 0 Å². The number of anilines is 2. The molecular formula is C26H22F6N6O4S. The second-order valence-corrected chi connectivity index (χ2v) is 9.76. The highest BCUT2D eigenvalue weighted by Crippen LogP contribution is 2.40. The van der Waals surface area contributed by atoms with Crippen LogP contribution in [0.25, 0.3) is 10.9 Å². The fourth-order valence-electron chi connectivity index (χ4n) is 4.42. The molecule has 5 rings (SSSR count). The molecule has 1 saturated heterocycles. The second-order valence-electron chi connectivity index (χ2n) is 9.23. The van der Waals surface area contributed by atoms with Crippen molar-refractivity contribution < 1.29 is 45.3 Å². The maximum Gasteiger partial charge on any atom is 0.416 e. The van der Waals surface area contributed by atoms with Gasteiger partial charge in [0.25, 0.3) is 5.88 Å². The Morgan fingerprint density at radius 1 is 0.860 bits per heavy atom. The number of hydrogen-bond donors (Lipinski definition) is 1. The van der Waals surface area contributed by atoms with E-state index >= 15 is 0 Å². The monoisotopic (exact) mass is 628 g/mol. The molecule has 10 nitrogen and oxygen atoms in total. The van der Waals surface area contributed by atoms with Gasteiger partial charge in [0.05, 0.1) is 42.6 Å². The number of hydrogen-bond acceptors (Lipinski definition) is 9. The van der Waals surface area contributed by atoms with E-state index in [-0.39, 0.29) is 38.1 Å². The minimum Gasteiger partial charge on any atom is -0.493 e. The zero-order chi connectivity index (χ0) is 30.9. The van der Waals surface area contributed by atoms with Crippen LogP contribution in [0.1, 0.15) is 11.1 Å². The SMILES string of the molecule is COc1cc2nccc(Oc3nsnc3N3CCN(C(=O)Nc4cc(C(F)(F)F)cc(C(F)(F)F)c4)CC3)c2cc1OC. The van der Waals surface area contributed by atoms with Crippen LogP contribution in [0.15, 0.2) is 42.6 Å². The Morgan fingerprint density at radius 2 is 1.49 bits per heavy atom. The number of carbonyl (C=O) groups is 1. The van der Waals surface area contributed by atoms with Gasteiger partial charge in [-0.3, -0.25) is 4.98 Å². The van der Waals surface area contributed by atoms with Crippen LogP contribution in [0.4, 0.5) is 42.6 Å². The number of alkyl halides is 6. The average molecular weight is 629 g/mol. The van der Waals surface area contributed by atoms with Crippen LogP contribution < -0.4 is 24.4 Å². The third kappa shape index (κ3) is 6.45. The van der Waals surface area contributed by atoms with Crippen LogP contribution >= 0.6 is 11.7 Å². The lowest BCUT2D eigenvalue weighted by molar-refractivity contribution is -0.143. The number of pyridine rings is 1. The molecular weight excluding hydrogens is 606 g/mol. The van der Waals surface area contributed by atoms with Crippen LogP contribution in [0, 0.1) is 0 Å². The molecule has 0 saturated carbocycles. The number of nitrogens with zero attached hydrogens (tertiary/aromatic N) is 5. The standard InChI is InChI=1S/C26H22F6N6O4S/c1-40-20-12-17-18(13-21(20)41-2)33-4-3-19(17)42-23-22(35-43-36-23)37-5-7-38(8-6-37)24(39)34-16-10-14(25(27,28)29)9-15(11-16)26(30,31)32/h3-4,9-13H,5-8H2,1-2H3,(H,34,39). The minimum atomic E-state index is -5.03. The van der Waals surface area contributed by atoms with E-state index in [0.29, 0.717) is 46.1 Å². The quantitative estimate of drug-likeness (QED) is 0.249. The van der Waals surface area contributed by atoms with Crippen molar-refractivity contribution in [1.82, 2.24) is 18.6 Å². The van der Waals surface area contributed by atoms with Crippen LogP contribution in [-0.2, 0) is 12.4 Å². The Bertz CT molecular complexity index is 1610. The largest absolute Gasteiger partial charge is 0.493 e. The van der Waals surface area contributed by atoms with Crippen molar-refractivity contribution >= 4 is 40.2 Å². The molecule has 0 atom stereocenters. The number of ether oxygens (including phenoxy) is 3. The molecule has 43 heavy (non-hydrogen) atoms. The van der Waals surface area contributed by atoms with E-state index in [9.17, 15) is 31.1 Å². The van der Waals surface area contributed by atoms with E-state index in [4.69, 9.17) is 14.2 Å². The third-order valence-electron chi connectivity index (χ3n) is 6.56. The molecule has 2 amide bonds. The van der Waals surface area contributed by atoms with E-state index in [0.717, 1.165) is 11.7 Å². The first-order chi connectivity index (χ1) is 20.4. The van der Waals surface area contributed by atoms with Crippen molar-refractivity contribution in [2.75, 3.05) is 50.6 Å². The molecule has 2 aromatic carbocycles. The summed E-state index contributed by atoms with van der Waals surface area (Å²) in [4.78, 5) is 20.2. The maximum absolute atomic E-state index is 13.2. The zero-order valence-electron chi connectivity index (χ0n) is 22.4. The lowest BCUT2D eigenvalue weighted by atomic mass is 10.1. The summed E-state index contributed by atoms with van der Waals surface area (Å²) in [5.41, 5.74) is -3.08. The summed E-state index contributed by atoms with van der Waals surface area (Å²) >= 11 is 0.910.